The molecule has 12 heteroatoms. The second kappa shape index (κ2) is 10.7. The highest BCUT2D eigenvalue weighted by atomic mass is 19.4. The fraction of sp³-hybridized carbons (Fsp3) is 0.519. The van der Waals surface area contributed by atoms with Crippen molar-refractivity contribution < 1.29 is 27.4 Å². The van der Waals surface area contributed by atoms with Gasteiger partial charge in [0.1, 0.15) is 17.5 Å². The third kappa shape index (κ3) is 5.20. The van der Waals surface area contributed by atoms with Crippen molar-refractivity contribution in [1.82, 2.24) is 15.8 Å². The van der Waals surface area contributed by atoms with Crippen molar-refractivity contribution in [1.29, 1.82) is 0 Å². The number of hydrogen-bond acceptors (Lipinski definition) is 7. The van der Waals surface area contributed by atoms with Crippen LogP contribution in [0.1, 0.15) is 47.3 Å². The first-order chi connectivity index (χ1) is 18.7. The molecule has 0 spiro atoms. The number of amides is 1. The van der Waals surface area contributed by atoms with Gasteiger partial charge in [-0.1, -0.05) is 13.0 Å². The maximum atomic E-state index is 13.8. The number of carbonyl (C=O) groups excluding carboxylic acids is 1. The minimum Gasteiger partial charge on any atom is -0.379 e. The number of halogens is 3. The molecule has 4 heterocycles. The third-order valence-corrected chi connectivity index (χ3v) is 7.56. The average Bonchev–Trinajstić information content (AvgIpc) is 3.24. The highest BCUT2D eigenvalue weighted by molar-refractivity contribution is 6.10. The lowest BCUT2D eigenvalue weighted by atomic mass is 9.75. The van der Waals surface area contributed by atoms with Crippen molar-refractivity contribution in [2.45, 2.75) is 44.4 Å². The Balaban J connectivity index is 1.57. The number of pyridine rings is 1. The zero-order valence-corrected chi connectivity index (χ0v) is 22.3. The Kier molecular flexibility index (Phi) is 7.53. The van der Waals surface area contributed by atoms with Crippen molar-refractivity contribution in [2.24, 2.45) is 4.99 Å². The predicted octanol–water partition coefficient (Wildman–Crippen LogP) is 3.29. The van der Waals surface area contributed by atoms with Crippen LogP contribution in [0.15, 0.2) is 35.3 Å². The summed E-state index contributed by atoms with van der Waals surface area (Å²) < 4.78 is 52.6. The van der Waals surface area contributed by atoms with Gasteiger partial charge in [0.25, 0.3) is 5.91 Å². The first kappa shape index (κ1) is 27.4. The minimum atomic E-state index is -4.56. The van der Waals surface area contributed by atoms with Crippen molar-refractivity contribution in [3.8, 4) is 0 Å². The van der Waals surface area contributed by atoms with E-state index in [4.69, 9.17) is 14.5 Å². The predicted molar refractivity (Wildman–Crippen MR) is 141 cm³/mol. The lowest BCUT2D eigenvalue weighted by Crippen LogP contribution is -2.52. The van der Waals surface area contributed by atoms with Crippen LogP contribution in [0.5, 0.6) is 0 Å². The van der Waals surface area contributed by atoms with E-state index in [9.17, 15) is 18.0 Å². The highest BCUT2D eigenvalue weighted by Gasteiger charge is 2.44. The Hall–Kier alpha value is -3.22. The molecule has 9 nitrogen and oxygen atoms in total. The smallest absolute Gasteiger partial charge is 0.379 e. The van der Waals surface area contributed by atoms with Crippen LogP contribution in [0, 0.1) is 0 Å². The monoisotopic (exact) mass is 546 g/mol. The summed E-state index contributed by atoms with van der Waals surface area (Å²) >= 11 is 0. The van der Waals surface area contributed by atoms with Crippen molar-refractivity contribution >= 4 is 23.4 Å². The lowest BCUT2D eigenvalue weighted by Gasteiger charge is -2.43. The van der Waals surface area contributed by atoms with E-state index < -0.39 is 23.1 Å². The molecule has 1 aromatic carbocycles. The van der Waals surface area contributed by atoms with Crippen LogP contribution in [0.4, 0.5) is 24.8 Å². The summed E-state index contributed by atoms with van der Waals surface area (Å²) in [5.74, 6) is 1.22. The summed E-state index contributed by atoms with van der Waals surface area (Å²) in [6, 6.07) is 7.59. The molecule has 0 unspecified atom stereocenters. The molecular formula is C27H33F3N6O3. The van der Waals surface area contributed by atoms with E-state index in [2.05, 4.69) is 20.7 Å². The van der Waals surface area contributed by atoms with Crippen molar-refractivity contribution in [2.75, 3.05) is 56.4 Å². The standard InChI is InChI=1S/C27H33F3N6O3/c1-4-32-34-22(31-3)12-26(15-39-16-26)18-10-23(35-8-9-38-14-17(35)2)33-24(11-18)36-13-20-19(25(36)37)6-5-7-21(20)27(28,29)30/h5-7,10-11,17,32H,4,8-9,12-16H2,1-3H3,(H,31,34)/t17-/m1/s1. The second-order valence-electron chi connectivity index (χ2n) is 10.2. The van der Waals surface area contributed by atoms with Gasteiger partial charge in [0.2, 0.25) is 0 Å². The van der Waals surface area contributed by atoms with Gasteiger partial charge in [-0.3, -0.25) is 14.7 Å². The van der Waals surface area contributed by atoms with Gasteiger partial charge in [-0.2, -0.15) is 13.2 Å². The number of alkyl halides is 3. The van der Waals surface area contributed by atoms with Crippen LogP contribution < -0.4 is 20.7 Å². The Morgan fingerprint density at radius 2 is 2.00 bits per heavy atom. The molecule has 0 radical (unpaired) electrons. The molecule has 0 aliphatic carbocycles. The zero-order chi connectivity index (χ0) is 27.8. The van der Waals surface area contributed by atoms with Crippen LogP contribution >= 0.6 is 0 Å². The first-order valence-corrected chi connectivity index (χ1v) is 13.1. The summed E-state index contributed by atoms with van der Waals surface area (Å²) in [5, 5.41) is 0. The number of rotatable bonds is 7. The van der Waals surface area contributed by atoms with Crippen molar-refractivity contribution in [3.63, 3.8) is 0 Å². The number of nitrogens with zero attached hydrogens (tertiary/aromatic N) is 4. The van der Waals surface area contributed by atoms with Gasteiger partial charge in [-0.05, 0) is 42.3 Å². The number of aliphatic imine (C=N–C) groups is 1. The summed E-state index contributed by atoms with van der Waals surface area (Å²) in [6.45, 7) is 7.05. The van der Waals surface area contributed by atoms with E-state index >= 15 is 0 Å². The number of amidine groups is 1. The third-order valence-electron chi connectivity index (χ3n) is 7.56. The molecular weight excluding hydrogens is 513 g/mol. The SMILES string of the molecule is CCNNC(CC1(c2cc(N3Cc4c(cccc4C(F)(F)F)C3=O)nc(N3CCOC[C@H]3C)c2)COC1)=NC. The molecule has 210 valence electrons. The van der Waals surface area contributed by atoms with E-state index in [0.29, 0.717) is 57.6 Å². The summed E-state index contributed by atoms with van der Waals surface area (Å²) in [4.78, 5) is 26.1. The Morgan fingerprint density at radius 1 is 1.23 bits per heavy atom. The molecule has 5 rings (SSSR count). The van der Waals surface area contributed by atoms with Crippen LogP contribution in [0.25, 0.3) is 0 Å². The lowest BCUT2D eigenvalue weighted by molar-refractivity contribution is -0.138. The molecule has 3 aliphatic rings. The Labute approximate surface area is 225 Å². The van der Waals surface area contributed by atoms with Gasteiger partial charge in [0.05, 0.1) is 44.6 Å². The van der Waals surface area contributed by atoms with E-state index in [1.807, 2.05) is 26.0 Å². The highest BCUT2D eigenvalue weighted by Crippen LogP contribution is 2.42. The fourth-order valence-corrected chi connectivity index (χ4v) is 5.35. The number of aromatic nitrogens is 1. The number of benzene rings is 1. The van der Waals surface area contributed by atoms with Gasteiger partial charge >= 0.3 is 6.18 Å². The molecule has 3 aliphatic heterocycles. The number of fused-ring (bicyclic) bond motifs is 1. The number of morpholine rings is 1. The van der Waals surface area contributed by atoms with Gasteiger partial charge in [0.15, 0.2) is 0 Å². The molecule has 39 heavy (non-hydrogen) atoms. The fourth-order valence-electron chi connectivity index (χ4n) is 5.35. The van der Waals surface area contributed by atoms with Crippen molar-refractivity contribution in [3.05, 3.63) is 52.6 Å². The largest absolute Gasteiger partial charge is 0.416 e. The molecule has 2 N–H and O–H groups in total. The maximum absolute atomic E-state index is 13.8. The average molecular weight is 547 g/mol. The second-order valence-corrected chi connectivity index (χ2v) is 10.2. The summed E-state index contributed by atoms with van der Waals surface area (Å²) in [6.07, 6.45) is -4.02. The van der Waals surface area contributed by atoms with Crippen LogP contribution in [-0.2, 0) is 27.6 Å². The Bertz CT molecular complexity index is 1260. The number of hydrazine groups is 1. The molecule has 1 amide bonds. The molecule has 1 atom stereocenters. The van der Waals surface area contributed by atoms with Gasteiger partial charge in [-0.15, -0.1) is 0 Å². The first-order valence-electron chi connectivity index (χ1n) is 13.1. The zero-order valence-electron chi connectivity index (χ0n) is 22.3. The number of ether oxygens (including phenoxy) is 2. The number of hydrogen-bond donors (Lipinski definition) is 2. The van der Waals surface area contributed by atoms with E-state index in [0.717, 1.165) is 17.5 Å². The van der Waals surface area contributed by atoms with Gasteiger partial charge < -0.3 is 19.8 Å². The van der Waals surface area contributed by atoms with Crippen LogP contribution in [0.3, 0.4) is 0 Å². The van der Waals surface area contributed by atoms with E-state index in [1.165, 1.54) is 17.0 Å². The summed E-state index contributed by atoms with van der Waals surface area (Å²) in [5.41, 5.74) is 5.90. The molecule has 2 saturated heterocycles. The van der Waals surface area contributed by atoms with Gasteiger partial charge in [-0.25, -0.2) is 10.4 Å². The van der Waals surface area contributed by atoms with Crippen LogP contribution in [0.2, 0.25) is 0 Å². The van der Waals surface area contributed by atoms with Crippen LogP contribution in [-0.4, -0.2) is 69.3 Å². The summed E-state index contributed by atoms with van der Waals surface area (Å²) in [7, 11) is 1.71. The minimum absolute atomic E-state index is 0.0274. The molecule has 1 aromatic heterocycles. The number of nitrogens with one attached hydrogen (secondary N) is 2. The number of carbonyl (C=O) groups is 1. The van der Waals surface area contributed by atoms with E-state index in [-0.39, 0.29) is 23.7 Å². The van der Waals surface area contributed by atoms with E-state index in [1.54, 1.807) is 7.05 Å². The molecule has 2 fully saturated rings. The quantitative estimate of drug-likeness (QED) is 0.313. The normalized spacial score (nSPS) is 21.1. The topological polar surface area (TPSA) is 91.3 Å². The maximum Gasteiger partial charge on any atom is 0.416 e. The van der Waals surface area contributed by atoms with Gasteiger partial charge in [0, 0.05) is 37.5 Å². The molecule has 0 saturated carbocycles. The Morgan fingerprint density at radius 3 is 2.64 bits per heavy atom. The number of anilines is 2. The molecule has 2 aromatic rings. The molecule has 0 bridgehead atoms.